The highest BCUT2D eigenvalue weighted by Gasteiger charge is 2.32. The number of methoxy groups -OCH3 is 1. The summed E-state index contributed by atoms with van der Waals surface area (Å²) < 4.78 is 17.1. The molecule has 1 aromatic carbocycles. The molecule has 0 saturated carbocycles. The topological polar surface area (TPSA) is 97.4 Å². The van der Waals surface area contributed by atoms with Crippen LogP contribution in [0.1, 0.15) is 46.7 Å². The van der Waals surface area contributed by atoms with Gasteiger partial charge in [0.05, 0.1) is 13.2 Å². The van der Waals surface area contributed by atoms with Gasteiger partial charge in [-0.3, -0.25) is 0 Å². The zero-order valence-electron chi connectivity index (χ0n) is 19.2. The number of ether oxygens (including phenoxy) is 2. The third kappa shape index (κ3) is 3.81. The van der Waals surface area contributed by atoms with E-state index in [9.17, 15) is 9.90 Å². The Balaban J connectivity index is 1.56. The molecule has 1 N–H and O–H groups in total. The van der Waals surface area contributed by atoms with Gasteiger partial charge in [-0.05, 0) is 50.1 Å². The van der Waals surface area contributed by atoms with Crippen LogP contribution >= 0.6 is 0 Å². The summed E-state index contributed by atoms with van der Waals surface area (Å²) in [5.74, 6) is 1.01. The molecule has 0 spiro atoms. The molecule has 0 saturated heterocycles. The van der Waals surface area contributed by atoms with Crippen LogP contribution in [0.3, 0.4) is 0 Å². The van der Waals surface area contributed by atoms with Crippen LogP contribution in [0.25, 0.3) is 11.6 Å². The quantitative estimate of drug-likeness (QED) is 0.549. The SMILES string of the molecule is COc1cccc2c1CCN(c1oc(C=C3C=Nc4ncccc43)c(O)c1C(=O)OC(C)C)C2. The fraction of sp³-hybridized carbons (Fsp3) is 0.269. The van der Waals surface area contributed by atoms with Crippen LogP contribution in [0, 0.1) is 0 Å². The molecule has 2 aliphatic rings. The number of carbonyl (C=O) groups is 1. The Morgan fingerprint density at radius 2 is 2.12 bits per heavy atom. The van der Waals surface area contributed by atoms with E-state index in [4.69, 9.17) is 13.9 Å². The number of anilines is 1. The van der Waals surface area contributed by atoms with Crippen LogP contribution in [-0.4, -0.2) is 42.0 Å². The van der Waals surface area contributed by atoms with Gasteiger partial charge in [0.25, 0.3) is 0 Å². The number of carbonyl (C=O) groups excluding carboxylic acids is 1. The number of aliphatic imine (C=N–C) groups is 1. The lowest BCUT2D eigenvalue weighted by Crippen LogP contribution is -2.31. The van der Waals surface area contributed by atoms with Gasteiger partial charge in [-0.25, -0.2) is 14.8 Å². The van der Waals surface area contributed by atoms with Crippen molar-refractivity contribution in [2.45, 2.75) is 32.9 Å². The molecule has 2 aliphatic heterocycles. The molecule has 0 amide bonds. The van der Waals surface area contributed by atoms with Crippen molar-refractivity contribution < 1.29 is 23.8 Å². The average Bonchev–Trinajstić information content (AvgIpc) is 3.39. The number of benzene rings is 1. The maximum absolute atomic E-state index is 13.0. The minimum absolute atomic E-state index is 0.0215. The average molecular weight is 460 g/mol. The normalized spacial score (nSPS) is 15.5. The maximum atomic E-state index is 13.0. The Morgan fingerprint density at radius 3 is 2.91 bits per heavy atom. The summed E-state index contributed by atoms with van der Waals surface area (Å²) in [5.41, 5.74) is 3.79. The fourth-order valence-corrected chi connectivity index (χ4v) is 4.33. The summed E-state index contributed by atoms with van der Waals surface area (Å²) in [5, 5.41) is 11.1. The van der Waals surface area contributed by atoms with Crippen LogP contribution in [-0.2, 0) is 17.7 Å². The first-order chi connectivity index (χ1) is 16.5. The second-order valence-electron chi connectivity index (χ2n) is 8.45. The number of aromatic nitrogens is 1. The van der Waals surface area contributed by atoms with Crippen LogP contribution in [0.4, 0.5) is 11.7 Å². The summed E-state index contributed by atoms with van der Waals surface area (Å²) in [4.78, 5) is 23.5. The van der Waals surface area contributed by atoms with Crippen molar-refractivity contribution in [3.63, 3.8) is 0 Å². The summed E-state index contributed by atoms with van der Waals surface area (Å²) in [6.45, 7) is 4.62. The number of pyridine rings is 1. The fourth-order valence-electron chi connectivity index (χ4n) is 4.33. The van der Waals surface area contributed by atoms with E-state index in [-0.39, 0.29) is 29.1 Å². The molecule has 174 valence electrons. The minimum Gasteiger partial charge on any atom is -0.504 e. The van der Waals surface area contributed by atoms with Gasteiger partial charge in [0.1, 0.15) is 5.75 Å². The third-order valence-electron chi connectivity index (χ3n) is 5.88. The molecule has 2 aromatic heterocycles. The van der Waals surface area contributed by atoms with Crippen LogP contribution in [0.2, 0.25) is 0 Å². The Kier molecular flexibility index (Phi) is 5.57. The van der Waals surface area contributed by atoms with Crippen LogP contribution in [0.5, 0.6) is 11.5 Å². The Morgan fingerprint density at radius 1 is 1.26 bits per heavy atom. The number of hydrogen-bond donors (Lipinski definition) is 1. The van der Waals surface area contributed by atoms with E-state index < -0.39 is 5.97 Å². The van der Waals surface area contributed by atoms with E-state index in [0.717, 1.165) is 28.0 Å². The van der Waals surface area contributed by atoms with Gasteiger partial charge in [0.15, 0.2) is 22.9 Å². The smallest absolute Gasteiger partial charge is 0.347 e. The van der Waals surface area contributed by atoms with Gasteiger partial charge in [-0.15, -0.1) is 0 Å². The van der Waals surface area contributed by atoms with Gasteiger partial charge in [0, 0.05) is 42.2 Å². The van der Waals surface area contributed by atoms with Crippen molar-refractivity contribution in [1.82, 2.24) is 4.98 Å². The second-order valence-corrected chi connectivity index (χ2v) is 8.45. The predicted molar refractivity (Wildman–Crippen MR) is 129 cm³/mol. The number of allylic oxidation sites excluding steroid dienone is 1. The van der Waals surface area contributed by atoms with E-state index in [2.05, 4.69) is 9.98 Å². The zero-order chi connectivity index (χ0) is 23.8. The molecular weight excluding hydrogens is 434 g/mol. The first-order valence-electron chi connectivity index (χ1n) is 11.1. The monoisotopic (exact) mass is 459 g/mol. The largest absolute Gasteiger partial charge is 0.504 e. The van der Waals surface area contributed by atoms with Crippen molar-refractivity contribution in [2.75, 3.05) is 18.6 Å². The molecule has 5 rings (SSSR count). The first kappa shape index (κ1) is 21.8. The standard InChI is InChI=1S/C26H25N3O5/c1-15(2)33-26(31)22-23(30)21(12-17-13-28-24-19(17)7-5-10-27-24)34-25(22)29-11-9-18-16(14-29)6-4-8-20(18)32-3/h4-8,10,12-13,15,30H,9,11,14H2,1-3H3. The molecule has 8 heteroatoms. The van der Waals surface area contributed by atoms with Gasteiger partial charge >= 0.3 is 5.97 Å². The summed E-state index contributed by atoms with van der Waals surface area (Å²) >= 11 is 0. The van der Waals surface area contributed by atoms with Crippen LogP contribution < -0.4 is 9.64 Å². The van der Waals surface area contributed by atoms with E-state index in [0.29, 0.717) is 25.3 Å². The van der Waals surface area contributed by atoms with E-state index in [1.807, 2.05) is 35.2 Å². The summed E-state index contributed by atoms with van der Waals surface area (Å²) in [7, 11) is 1.66. The zero-order valence-corrected chi connectivity index (χ0v) is 19.2. The minimum atomic E-state index is -0.630. The highest BCUT2D eigenvalue weighted by Crippen LogP contribution is 2.41. The van der Waals surface area contributed by atoms with Crippen molar-refractivity contribution in [3.8, 4) is 11.5 Å². The number of rotatable bonds is 5. The summed E-state index contributed by atoms with van der Waals surface area (Å²) in [6, 6.07) is 9.62. The van der Waals surface area contributed by atoms with Gasteiger partial charge in [-0.1, -0.05) is 12.1 Å². The molecule has 0 atom stereocenters. The molecule has 0 bridgehead atoms. The molecule has 0 unspecified atom stereocenters. The number of aromatic hydroxyl groups is 1. The number of nitrogens with zero attached hydrogens (tertiary/aromatic N) is 3. The van der Waals surface area contributed by atoms with Gasteiger partial charge in [-0.2, -0.15) is 0 Å². The molecule has 0 radical (unpaired) electrons. The molecule has 8 nitrogen and oxygen atoms in total. The Labute approximate surface area is 197 Å². The van der Waals surface area contributed by atoms with E-state index in [1.54, 1.807) is 39.4 Å². The lowest BCUT2D eigenvalue weighted by atomic mass is 9.98. The predicted octanol–water partition coefficient (Wildman–Crippen LogP) is 4.77. The molecule has 4 heterocycles. The number of fused-ring (bicyclic) bond motifs is 2. The number of hydrogen-bond acceptors (Lipinski definition) is 8. The Bertz CT molecular complexity index is 1320. The van der Waals surface area contributed by atoms with Crippen molar-refractivity contribution in [3.05, 3.63) is 64.5 Å². The van der Waals surface area contributed by atoms with Gasteiger partial charge < -0.3 is 23.9 Å². The number of furan rings is 1. The highest BCUT2D eigenvalue weighted by molar-refractivity contribution is 6.21. The van der Waals surface area contributed by atoms with Crippen molar-refractivity contribution in [1.29, 1.82) is 0 Å². The third-order valence-corrected chi connectivity index (χ3v) is 5.88. The molecular formula is C26H25N3O5. The Hall–Kier alpha value is -4.07. The van der Waals surface area contributed by atoms with E-state index >= 15 is 0 Å². The highest BCUT2D eigenvalue weighted by atomic mass is 16.5. The second kappa shape index (κ2) is 8.70. The van der Waals surface area contributed by atoms with Crippen molar-refractivity contribution >= 4 is 35.5 Å². The lowest BCUT2D eigenvalue weighted by Gasteiger charge is -2.30. The summed E-state index contributed by atoms with van der Waals surface area (Å²) in [6.07, 6.45) is 5.37. The van der Waals surface area contributed by atoms with Crippen molar-refractivity contribution in [2.24, 2.45) is 4.99 Å². The molecule has 0 aliphatic carbocycles. The van der Waals surface area contributed by atoms with Crippen LogP contribution in [0.15, 0.2) is 45.9 Å². The van der Waals surface area contributed by atoms with Gasteiger partial charge in [0.2, 0.25) is 5.88 Å². The maximum Gasteiger partial charge on any atom is 0.347 e. The number of esters is 1. The molecule has 3 aromatic rings. The first-order valence-corrected chi connectivity index (χ1v) is 11.1. The lowest BCUT2D eigenvalue weighted by molar-refractivity contribution is 0.0375. The molecule has 34 heavy (non-hydrogen) atoms. The molecule has 0 fully saturated rings. The van der Waals surface area contributed by atoms with E-state index in [1.165, 1.54) is 0 Å².